The van der Waals surface area contributed by atoms with Crippen LogP contribution in [-0.4, -0.2) is 25.0 Å². The first kappa shape index (κ1) is 21.3. The number of hydrogen-bond acceptors (Lipinski definition) is 4. The minimum Gasteiger partial charge on any atom is -0.490 e. The van der Waals surface area contributed by atoms with E-state index in [1.807, 2.05) is 58.9 Å². The zero-order valence-corrected chi connectivity index (χ0v) is 17.1. The van der Waals surface area contributed by atoms with Gasteiger partial charge in [0, 0.05) is 16.8 Å². The van der Waals surface area contributed by atoms with Gasteiger partial charge in [0.15, 0.2) is 18.1 Å². The highest BCUT2D eigenvalue weighted by atomic mass is 16.5. The van der Waals surface area contributed by atoms with Crippen molar-refractivity contribution in [3.8, 4) is 11.5 Å². The van der Waals surface area contributed by atoms with Crippen molar-refractivity contribution in [2.24, 2.45) is 5.41 Å². The fourth-order valence-electron chi connectivity index (χ4n) is 2.33. The van der Waals surface area contributed by atoms with Crippen molar-refractivity contribution < 1.29 is 19.1 Å². The van der Waals surface area contributed by atoms with E-state index in [-0.39, 0.29) is 18.4 Å². The minimum absolute atomic E-state index is 0.0931. The van der Waals surface area contributed by atoms with Gasteiger partial charge >= 0.3 is 0 Å². The maximum Gasteiger partial charge on any atom is 0.262 e. The van der Waals surface area contributed by atoms with Gasteiger partial charge in [-0.1, -0.05) is 39.0 Å². The van der Waals surface area contributed by atoms with Crippen LogP contribution < -0.4 is 20.1 Å². The maximum atomic E-state index is 12.3. The molecule has 0 unspecified atom stereocenters. The number of para-hydroxylation sites is 2. The molecule has 0 atom stereocenters. The first-order valence-electron chi connectivity index (χ1n) is 9.27. The first-order valence-corrected chi connectivity index (χ1v) is 9.27. The molecule has 2 aromatic rings. The Morgan fingerprint density at radius 3 is 2.21 bits per heavy atom. The van der Waals surface area contributed by atoms with E-state index in [0.29, 0.717) is 29.5 Å². The van der Waals surface area contributed by atoms with E-state index in [4.69, 9.17) is 9.47 Å². The lowest BCUT2D eigenvalue weighted by molar-refractivity contribution is -0.123. The summed E-state index contributed by atoms with van der Waals surface area (Å²) in [6, 6.07) is 12.6. The Balaban J connectivity index is 2.02. The highest BCUT2D eigenvalue weighted by Gasteiger charge is 2.21. The lowest BCUT2D eigenvalue weighted by Crippen LogP contribution is -2.27. The normalized spacial score (nSPS) is 10.9. The van der Waals surface area contributed by atoms with Crippen LogP contribution in [0.4, 0.5) is 11.4 Å². The summed E-state index contributed by atoms with van der Waals surface area (Å²) in [6.07, 6.45) is 0. The van der Waals surface area contributed by atoms with E-state index in [1.165, 1.54) is 0 Å². The van der Waals surface area contributed by atoms with Crippen LogP contribution in [0, 0.1) is 12.3 Å². The number of benzene rings is 2. The predicted octanol–water partition coefficient (Wildman–Crippen LogP) is 4.40. The molecule has 0 bridgehead atoms. The third-order valence-electron chi connectivity index (χ3n) is 3.96. The summed E-state index contributed by atoms with van der Waals surface area (Å²) in [5.74, 6) is 0.724. The molecule has 0 fully saturated rings. The van der Waals surface area contributed by atoms with Gasteiger partial charge in [0.25, 0.3) is 5.91 Å². The van der Waals surface area contributed by atoms with Gasteiger partial charge < -0.3 is 20.1 Å². The van der Waals surface area contributed by atoms with Crippen molar-refractivity contribution in [3.63, 3.8) is 0 Å². The number of carbonyl (C=O) groups is 2. The number of nitrogens with one attached hydrogen (secondary N) is 2. The van der Waals surface area contributed by atoms with Crippen LogP contribution in [0.2, 0.25) is 0 Å². The van der Waals surface area contributed by atoms with Gasteiger partial charge in [0.05, 0.1) is 6.61 Å². The molecule has 0 saturated carbocycles. The predicted molar refractivity (Wildman–Crippen MR) is 111 cm³/mol. The molecule has 2 amide bonds. The first-order chi connectivity index (χ1) is 13.2. The quantitative estimate of drug-likeness (QED) is 0.742. The molecule has 150 valence electrons. The van der Waals surface area contributed by atoms with E-state index in [2.05, 4.69) is 10.6 Å². The molecule has 6 nitrogen and oxygen atoms in total. The number of hydrogen-bond donors (Lipinski definition) is 2. The molecule has 0 aromatic heterocycles. The van der Waals surface area contributed by atoms with Crippen LogP contribution >= 0.6 is 0 Å². The zero-order valence-electron chi connectivity index (χ0n) is 17.1. The van der Waals surface area contributed by atoms with Crippen LogP contribution in [0.15, 0.2) is 42.5 Å². The van der Waals surface area contributed by atoms with E-state index >= 15 is 0 Å². The Morgan fingerprint density at radius 1 is 0.964 bits per heavy atom. The topological polar surface area (TPSA) is 76.7 Å². The van der Waals surface area contributed by atoms with Gasteiger partial charge in [-0.25, -0.2) is 0 Å². The second-order valence-electron chi connectivity index (χ2n) is 7.45. The zero-order chi connectivity index (χ0) is 20.7. The SMILES string of the molecule is CCOc1ccccc1OCC(=O)Nc1cc(NC(=O)C(C)(C)C)ccc1C. The monoisotopic (exact) mass is 384 g/mol. The molecule has 0 aliphatic carbocycles. The fraction of sp³-hybridized carbons (Fsp3) is 0.364. The average Bonchev–Trinajstić information content (AvgIpc) is 2.63. The highest BCUT2D eigenvalue weighted by molar-refractivity contribution is 5.97. The van der Waals surface area contributed by atoms with Gasteiger partial charge in [0.2, 0.25) is 5.91 Å². The summed E-state index contributed by atoms with van der Waals surface area (Å²) in [5.41, 5.74) is 1.63. The molecule has 2 rings (SSSR count). The number of anilines is 2. The van der Waals surface area contributed by atoms with Crippen molar-refractivity contribution in [2.45, 2.75) is 34.6 Å². The van der Waals surface area contributed by atoms with Crippen molar-refractivity contribution in [1.82, 2.24) is 0 Å². The summed E-state index contributed by atoms with van der Waals surface area (Å²) in [5, 5.41) is 5.69. The van der Waals surface area contributed by atoms with Crippen molar-refractivity contribution in [2.75, 3.05) is 23.8 Å². The van der Waals surface area contributed by atoms with Gasteiger partial charge in [-0.3, -0.25) is 9.59 Å². The smallest absolute Gasteiger partial charge is 0.262 e. The Morgan fingerprint density at radius 2 is 1.61 bits per heavy atom. The van der Waals surface area contributed by atoms with E-state index in [1.54, 1.807) is 18.2 Å². The molecule has 2 N–H and O–H groups in total. The standard InChI is InChI=1S/C22H28N2O4/c1-6-27-18-9-7-8-10-19(18)28-14-20(25)24-17-13-16(12-11-15(17)2)23-21(26)22(3,4)5/h7-13H,6,14H2,1-5H3,(H,23,26)(H,24,25). The molecule has 0 aliphatic rings. The van der Waals surface area contributed by atoms with Crippen LogP contribution in [0.5, 0.6) is 11.5 Å². The molecule has 0 spiro atoms. The molecule has 6 heteroatoms. The molecular formula is C22H28N2O4. The number of aryl methyl sites for hydroxylation is 1. The van der Waals surface area contributed by atoms with Crippen molar-refractivity contribution in [3.05, 3.63) is 48.0 Å². The summed E-state index contributed by atoms with van der Waals surface area (Å²) in [4.78, 5) is 24.5. The molecule has 0 saturated heterocycles. The molecule has 0 aliphatic heterocycles. The maximum absolute atomic E-state index is 12.3. The Hall–Kier alpha value is -3.02. The summed E-state index contributed by atoms with van der Waals surface area (Å²) >= 11 is 0. The Labute approximate surface area is 166 Å². The molecule has 2 aromatic carbocycles. The summed E-state index contributed by atoms with van der Waals surface area (Å²) in [6.45, 7) is 9.67. The van der Waals surface area contributed by atoms with Crippen molar-refractivity contribution in [1.29, 1.82) is 0 Å². The minimum atomic E-state index is -0.504. The summed E-state index contributed by atoms with van der Waals surface area (Å²) < 4.78 is 11.1. The average molecular weight is 384 g/mol. The van der Waals surface area contributed by atoms with Gasteiger partial charge in [-0.05, 0) is 43.7 Å². The van der Waals surface area contributed by atoms with Crippen LogP contribution in [0.25, 0.3) is 0 Å². The molecule has 28 heavy (non-hydrogen) atoms. The Kier molecular flexibility index (Phi) is 7.04. The number of carbonyl (C=O) groups excluding carboxylic acids is 2. The number of rotatable bonds is 7. The summed E-state index contributed by atoms with van der Waals surface area (Å²) in [7, 11) is 0. The molecule has 0 heterocycles. The van der Waals surface area contributed by atoms with Crippen molar-refractivity contribution >= 4 is 23.2 Å². The second kappa shape index (κ2) is 9.26. The fourth-order valence-corrected chi connectivity index (χ4v) is 2.33. The van der Waals surface area contributed by atoms with E-state index < -0.39 is 5.41 Å². The number of amides is 2. The Bertz CT molecular complexity index is 841. The van der Waals surface area contributed by atoms with Gasteiger partial charge in [0.1, 0.15) is 0 Å². The van der Waals surface area contributed by atoms with Crippen LogP contribution in [0.1, 0.15) is 33.3 Å². The second-order valence-corrected chi connectivity index (χ2v) is 7.45. The molecule has 0 radical (unpaired) electrons. The number of ether oxygens (including phenoxy) is 2. The van der Waals surface area contributed by atoms with Gasteiger partial charge in [-0.2, -0.15) is 0 Å². The highest BCUT2D eigenvalue weighted by Crippen LogP contribution is 2.27. The van der Waals surface area contributed by atoms with E-state index in [9.17, 15) is 9.59 Å². The molecular weight excluding hydrogens is 356 g/mol. The largest absolute Gasteiger partial charge is 0.490 e. The third kappa shape index (κ3) is 6.01. The third-order valence-corrected chi connectivity index (χ3v) is 3.96. The van der Waals surface area contributed by atoms with Crippen LogP contribution in [0.3, 0.4) is 0 Å². The van der Waals surface area contributed by atoms with Crippen LogP contribution in [-0.2, 0) is 9.59 Å². The van der Waals surface area contributed by atoms with Gasteiger partial charge in [-0.15, -0.1) is 0 Å². The van der Waals surface area contributed by atoms with E-state index in [0.717, 1.165) is 5.56 Å². The lowest BCUT2D eigenvalue weighted by Gasteiger charge is -2.18. The lowest BCUT2D eigenvalue weighted by atomic mass is 9.95.